The highest BCUT2D eigenvalue weighted by Gasteiger charge is 2.30. The summed E-state index contributed by atoms with van der Waals surface area (Å²) in [6.07, 6.45) is 1.01. The first-order valence-electron chi connectivity index (χ1n) is 7.36. The van der Waals surface area contributed by atoms with Gasteiger partial charge in [-0.25, -0.2) is 9.37 Å². The Balaban J connectivity index is 1.63. The summed E-state index contributed by atoms with van der Waals surface area (Å²) in [6, 6.07) is 5.97. The molecule has 1 aliphatic rings. The zero-order valence-corrected chi connectivity index (χ0v) is 13.2. The van der Waals surface area contributed by atoms with Gasteiger partial charge in [0, 0.05) is 43.5 Å². The molecule has 1 aromatic heterocycles. The van der Waals surface area contributed by atoms with Crippen molar-refractivity contribution in [3.63, 3.8) is 0 Å². The Bertz CT molecular complexity index is 681. The Morgan fingerprint density at radius 1 is 1.35 bits per heavy atom. The monoisotopic (exact) mass is 336 g/mol. The molecule has 3 rings (SSSR count). The Morgan fingerprint density at radius 3 is 2.74 bits per heavy atom. The first-order valence-corrected chi connectivity index (χ1v) is 8.24. The van der Waals surface area contributed by atoms with E-state index in [0.717, 1.165) is 5.56 Å². The summed E-state index contributed by atoms with van der Waals surface area (Å²) in [5, 5.41) is 15.4. The molecule has 5 nitrogen and oxygen atoms in total. The molecule has 122 valence electrons. The van der Waals surface area contributed by atoms with Crippen molar-refractivity contribution in [2.45, 2.75) is 18.4 Å². The van der Waals surface area contributed by atoms with Crippen LogP contribution in [0.2, 0.25) is 0 Å². The Morgan fingerprint density at radius 2 is 2.04 bits per heavy atom. The van der Waals surface area contributed by atoms with Crippen LogP contribution in [-0.4, -0.2) is 41.4 Å². The number of ether oxygens (including phenoxy) is 1. The van der Waals surface area contributed by atoms with Crippen molar-refractivity contribution in [2.24, 2.45) is 0 Å². The molecule has 0 atom stereocenters. The maximum atomic E-state index is 12.9. The van der Waals surface area contributed by atoms with Crippen LogP contribution in [0, 0.1) is 5.82 Å². The SMILES string of the molecule is O=C(NCC1(O)CCOCC1)c1csc(-c2ccc(F)cc2)n1. The molecule has 1 saturated heterocycles. The van der Waals surface area contributed by atoms with Crippen molar-refractivity contribution in [3.05, 3.63) is 41.2 Å². The van der Waals surface area contributed by atoms with E-state index in [9.17, 15) is 14.3 Å². The van der Waals surface area contributed by atoms with Crippen LogP contribution in [0.15, 0.2) is 29.6 Å². The summed E-state index contributed by atoms with van der Waals surface area (Å²) in [7, 11) is 0. The van der Waals surface area contributed by atoms with Crippen LogP contribution in [-0.2, 0) is 4.74 Å². The Hall–Kier alpha value is -1.83. The highest BCUT2D eigenvalue weighted by molar-refractivity contribution is 7.13. The van der Waals surface area contributed by atoms with Crippen LogP contribution in [0.5, 0.6) is 0 Å². The largest absolute Gasteiger partial charge is 0.388 e. The lowest BCUT2D eigenvalue weighted by Crippen LogP contribution is -2.46. The molecule has 0 aliphatic carbocycles. The Kier molecular flexibility index (Phi) is 4.70. The molecule has 2 aromatic rings. The third-order valence-corrected chi connectivity index (χ3v) is 4.72. The van der Waals surface area contributed by atoms with E-state index in [-0.39, 0.29) is 18.3 Å². The normalized spacial score (nSPS) is 17.0. The van der Waals surface area contributed by atoms with Crippen LogP contribution >= 0.6 is 11.3 Å². The average molecular weight is 336 g/mol. The van der Waals surface area contributed by atoms with Gasteiger partial charge in [-0.15, -0.1) is 11.3 Å². The second-order valence-electron chi connectivity index (χ2n) is 5.56. The van der Waals surface area contributed by atoms with Crippen LogP contribution in [0.4, 0.5) is 4.39 Å². The van der Waals surface area contributed by atoms with E-state index in [4.69, 9.17) is 4.74 Å². The minimum atomic E-state index is -0.913. The molecule has 0 bridgehead atoms. The van der Waals surface area contributed by atoms with Gasteiger partial charge in [-0.1, -0.05) is 0 Å². The molecule has 0 radical (unpaired) electrons. The second-order valence-corrected chi connectivity index (χ2v) is 6.42. The van der Waals surface area contributed by atoms with Gasteiger partial charge in [0.2, 0.25) is 0 Å². The average Bonchev–Trinajstić information content (AvgIpc) is 3.04. The second kappa shape index (κ2) is 6.74. The van der Waals surface area contributed by atoms with Gasteiger partial charge in [-0.2, -0.15) is 0 Å². The highest BCUT2D eigenvalue weighted by Crippen LogP contribution is 2.24. The number of amides is 1. The maximum Gasteiger partial charge on any atom is 0.270 e. The van der Waals surface area contributed by atoms with Crippen LogP contribution < -0.4 is 5.32 Å². The van der Waals surface area contributed by atoms with Gasteiger partial charge in [-0.3, -0.25) is 4.79 Å². The van der Waals surface area contributed by atoms with E-state index in [0.29, 0.717) is 36.8 Å². The molecule has 1 aliphatic heterocycles. The molecule has 7 heteroatoms. The lowest BCUT2D eigenvalue weighted by molar-refractivity contribution is -0.0605. The smallest absolute Gasteiger partial charge is 0.270 e. The number of benzene rings is 1. The number of nitrogens with zero attached hydrogens (tertiary/aromatic N) is 1. The van der Waals surface area contributed by atoms with E-state index in [2.05, 4.69) is 10.3 Å². The fourth-order valence-electron chi connectivity index (χ4n) is 2.37. The number of carbonyl (C=O) groups is 1. The number of aliphatic hydroxyl groups is 1. The summed E-state index contributed by atoms with van der Waals surface area (Å²) in [4.78, 5) is 16.4. The molecule has 1 aromatic carbocycles. The lowest BCUT2D eigenvalue weighted by Gasteiger charge is -2.31. The third-order valence-electron chi connectivity index (χ3n) is 3.83. The van der Waals surface area contributed by atoms with Crippen LogP contribution in [0.25, 0.3) is 10.6 Å². The van der Waals surface area contributed by atoms with E-state index < -0.39 is 5.60 Å². The number of halogens is 1. The standard InChI is InChI=1S/C16H17FN2O3S/c17-12-3-1-11(2-4-12)15-19-13(9-23-15)14(20)18-10-16(21)5-7-22-8-6-16/h1-4,9,21H,5-8,10H2,(H,18,20). The van der Waals surface area contributed by atoms with Gasteiger partial charge in [0.05, 0.1) is 5.60 Å². The van der Waals surface area contributed by atoms with Crippen molar-refractivity contribution < 1.29 is 19.0 Å². The van der Waals surface area contributed by atoms with Gasteiger partial charge in [0.1, 0.15) is 16.5 Å². The molecule has 0 unspecified atom stereocenters. The van der Waals surface area contributed by atoms with Crippen molar-refractivity contribution in [1.29, 1.82) is 0 Å². The number of aromatic nitrogens is 1. The van der Waals surface area contributed by atoms with Crippen molar-refractivity contribution >= 4 is 17.2 Å². The molecule has 0 saturated carbocycles. The molecule has 1 amide bonds. The fraction of sp³-hybridized carbons (Fsp3) is 0.375. The van der Waals surface area contributed by atoms with Gasteiger partial charge in [0.15, 0.2) is 0 Å². The summed E-state index contributed by atoms with van der Waals surface area (Å²) in [5.41, 5.74) is 0.146. The van der Waals surface area contributed by atoms with Gasteiger partial charge >= 0.3 is 0 Å². The van der Waals surface area contributed by atoms with E-state index >= 15 is 0 Å². The number of thiazole rings is 1. The highest BCUT2D eigenvalue weighted by atomic mass is 32.1. The van der Waals surface area contributed by atoms with Crippen molar-refractivity contribution in [3.8, 4) is 10.6 Å². The molecule has 0 spiro atoms. The number of nitrogens with one attached hydrogen (secondary N) is 1. The molecular weight excluding hydrogens is 319 g/mol. The van der Waals surface area contributed by atoms with Crippen molar-refractivity contribution in [1.82, 2.24) is 10.3 Å². The van der Waals surface area contributed by atoms with Crippen LogP contribution in [0.3, 0.4) is 0 Å². The molecule has 2 heterocycles. The molecule has 23 heavy (non-hydrogen) atoms. The van der Waals surface area contributed by atoms with E-state index in [1.165, 1.54) is 23.5 Å². The van der Waals surface area contributed by atoms with Crippen molar-refractivity contribution in [2.75, 3.05) is 19.8 Å². The van der Waals surface area contributed by atoms with Gasteiger partial charge in [-0.05, 0) is 24.3 Å². The van der Waals surface area contributed by atoms with E-state index in [1.54, 1.807) is 17.5 Å². The summed E-state index contributed by atoms with van der Waals surface area (Å²) in [6.45, 7) is 1.17. The summed E-state index contributed by atoms with van der Waals surface area (Å²) < 4.78 is 18.1. The number of hydrogen-bond donors (Lipinski definition) is 2. The molecule has 2 N–H and O–H groups in total. The quantitative estimate of drug-likeness (QED) is 0.898. The first-order chi connectivity index (χ1) is 11.1. The van der Waals surface area contributed by atoms with Gasteiger partial charge in [0.25, 0.3) is 5.91 Å². The van der Waals surface area contributed by atoms with Crippen LogP contribution in [0.1, 0.15) is 23.3 Å². The predicted octanol–water partition coefficient (Wildman–Crippen LogP) is 2.22. The maximum absolute atomic E-state index is 12.9. The number of carbonyl (C=O) groups excluding carboxylic acids is 1. The predicted molar refractivity (Wildman–Crippen MR) is 84.8 cm³/mol. The minimum Gasteiger partial charge on any atom is -0.388 e. The lowest BCUT2D eigenvalue weighted by atomic mass is 9.94. The molecule has 1 fully saturated rings. The summed E-state index contributed by atoms with van der Waals surface area (Å²) in [5.74, 6) is -0.637. The first kappa shape index (κ1) is 16.0. The number of rotatable bonds is 4. The van der Waals surface area contributed by atoms with E-state index in [1.807, 2.05) is 0 Å². The Labute approximate surface area is 137 Å². The minimum absolute atomic E-state index is 0.179. The third kappa shape index (κ3) is 3.93. The zero-order valence-electron chi connectivity index (χ0n) is 12.4. The summed E-state index contributed by atoms with van der Waals surface area (Å²) >= 11 is 1.32. The van der Waals surface area contributed by atoms with Gasteiger partial charge < -0.3 is 15.2 Å². The fourth-order valence-corrected chi connectivity index (χ4v) is 3.17. The topological polar surface area (TPSA) is 71.5 Å². The number of hydrogen-bond acceptors (Lipinski definition) is 5. The molecular formula is C16H17FN2O3S. The zero-order chi connectivity index (χ0) is 16.3.